The van der Waals surface area contributed by atoms with Gasteiger partial charge in [0.2, 0.25) is 0 Å². The van der Waals surface area contributed by atoms with Crippen LogP contribution in [0.3, 0.4) is 0 Å². The Bertz CT molecular complexity index is 756. The lowest BCUT2D eigenvalue weighted by atomic mass is 10.1. The number of nitrogens with zero attached hydrogens (tertiary/aromatic N) is 2. The van der Waals surface area contributed by atoms with E-state index in [0.717, 1.165) is 18.4 Å². The van der Waals surface area contributed by atoms with Crippen molar-refractivity contribution in [2.45, 2.75) is 33.1 Å². The molecule has 0 aliphatic heterocycles. The molecule has 27 heavy (non-hydrogen) atoms. The van der Waals surface area contributed by atoms with Crippen LogP contribution in [0.1, 0.15) is 53.0 Å². The normalized spacial score (nSPS) is 10.5. The Hall–Kier alpha value is -2.40. The van der Waals surface area contributed by atoms with Gasteiger partial charge in [0.1, 0.15) is 0 Å². The third kappa shape index (κ3) is 6.36. The molecule has 0 bridgehead atoms. The molecule has 2 amide bonds. The average Bonchev–Trinajstić information content (AvgIpc) is 2.69. The summed E-state index contributed by atoms with van der Waals surface area (Å²) in [6.45, 7) is 5.97. The van der Waals surface area contributed by atoms with Crippen LogP contribution in [0.25, 0.3) is 0 Å². The molecule has 0 spiro atoms. The van der Waals surface area contributed by atoms with Crippen molar-refractivity contribution in [3.63, 3.8) is 0 Å². The summed E-state index contributed by atoms with van der Waals surface area (Å²) in [6, 6.07) is 9.15. The summed E-state index contributed by atoms with van der Waals surface area (Å²) >= 11 is 5.87. The number of aromatic nitrogens is 1. The van der Waals surface area contributed by atoms with Gasteiger partial charge in [0.25, 0.3) is 11.8 Å². The first-order valence-corrected chi connectivity index (χ1v) is 9.70. The lowest BCUT2D eigenvalue weighted by Gasteiger charge is -2.21. The van der Waals surface area contributed by atoms with Gasteiger partial charge in [-0.3, -0.25) is 14.6 Å². The van der Waals surface area contributed by atoms with Crippen LogP contribution in [0.2, 0.25) is 5.02 Å². The SMILES string of the molecule is CCCN(CCC)C(=O)c1cncc(C(=O)NCCc2ccc(Cl)cc2)c1. The van der Waals surface area contributed by atoms with Gasteiger partial charge in [0, 0.05) is 37.1 Å². The van der Waals surface area contributed by atoms with E-state index in [-0.39, 0.29) is 11.8 Å². The molecule has 6 heteroatoms. The predicted octanol–water partition coefficient (Wildman–Crippen LogP) is 3.97. The summed E-state index contributed by atoms with van der Waals surface area (Å²) in [5.74, 6) is -0.314. The fourth-order valence-electron chi connectivity index (χ4n) is 2.79. The molecule has 0 aliphatic rings. The second-order valence-corrected chi connectivity index (χ2v) is 6.82. The number of hydrogen-bond acceptors (Lipinski definition) is 3. The van der Waals surface area contributed by atoms with Crippen LogP contribution in [-0.2, 0) is 6.42 Å². The van der Waals surface area contributed by atoms with Crippen LogP contribution < -0.4 is 5.32 Å². The van der Waals surface area contributed by atoms with Gasteiger partial charge in [-0.15, -0.1) is 0 Å². The van der Waals surface area contributed by atoms with Crippen LogP contribution in [0.15, 0.2) is 42.7 Å². The van der Waals surface area contributed by atoms with Gasteiger partial charge in [0.05, 0.1) is 11.1 Å². The Balaban J connectivity index is 1.97. The number of amides is 2. The summed E-state index contributed by atoms with van der Waals surface area (Å²) in [7, 11) is 0. The van der Waals surface area contributed by atoms with Crippen LogP contribution in [0.4, 0.5) is 0 Å². The maximum absolute atomic E-state index is 12.7. The second kappa shape index (κ2) is 10.7. The van der Waals surface area contributed by atoms with Crippen LogP contribution >= 0.6 is 11.6 Å². The molecule has 2 rings (SSSR count). The van der Waals surface area contributed by atoms with Crippen molar-refractivity contribution in [2.24, 2.45) is 0 Å². The molecule has 0 fully saturated rings. The van der Waals surface area contributed by atoms with Gasteiger partial charge in [-0.2, -0.15) is 0 Å². The highest BCUT2D eigenvalue weighted by Gasteiger charge is 2.16. The van der Waals surface area contributed by atoms with E-state index in [1.54, 1.807) is 11.0 Å². The molecule has 0 radical (unpaired) electrons. The van der Waals surface area contributed by atoms with E-state index < -0.39 is 0 Å². The van der Waals surface area contributed by atoms with E-state index in [1.165, 1.54) is 12.4 Å². The molecule has 1 aromatic heterocycles. The first-order valence-electron chi connectivity index (χ1n) is 9.32. The highest BCUT2D eigenvalue weighted by molar-refractivity contribution is 6.30. The number of benzene rings is 1. The first kappa shape index (κ1) is 20.9. The van der Waals surface area contributed by atoms with E-state index in [9.17, 15) is 9.59 Å². The highest BCUT2D eigenvalue weighted by atomic mass is 35.5. The van der Waals surface area contributed by atoms with Gasteiger partial charge in [-0.25, -0.2) is 0 Å². The van der Waals surface area contributed by atoms with Crippen molar-refractivity contribution in [3.8, 4) is 0 Å². The fraction of sp³-hybridized carbons (Fsp3) is 0.381. The highest BCUT2D eigenvalue weighted by Crippen LogP contribution is 2.10. The first-order chi connectivity index (χ1) is 13.0. The lowest BCUT2D eigenvalue weighted by molar-refractivity contribution is 0.0755. The number of rotatable bonds is 9. The summed E-state index contributed by atoms with van der Waals surface area (Å²) in [6.07, 6.45) is 5.49. The van der Waals surface area contributed by atoms with E-state index in [0.29, 0.717) is 42.2 Å². The van der Waals surface area contributed by atoms with Gasteiger partial charge in [-0.05, 0) is 43.0 Å². The largest absolute Gasteiger partial charge is 0.352 e. The third-order valence-electron chi connectivity index (χ3n) is 4.13. The number of carbonyl (C=O) groups is 2. The molecule has 144 valence electrons. The summed E-state index contributed by atoms with van der Waals surface area (Å²) in [4.78, 5) is 30.9. The van der Waals surface area contributed by atoms with Crippen LogP contribution in [-0.4, -0.2) is 41.3 Å². The Morgan fingerprint density at radius 2 is 1.67 bits per heavy atom. The summed E-state index contributed by atoms with van der Waals surface area (Å²) in [5, 5.41) is 3.56. The molecular weight excluding hydrogens is 362 g/mol. The number of pyridine rings is 1. The Morgan fingerprint density at radius 3 is 2.30 bits per heavy atom. The molecular formula is C21H26ClN3O2. The zero-order chi connectivity index (χ0) is 19.6. The van der Waals surface area contributed by atoms with E-state index in [4.69, 9.17) is 11.6 Å². The summed E-state index contributed by atoms with van der Waals surface area (Å²) < 4.78 is 0. The molecule has 1 heterocycles. The number of hydrogen-bond donors (Lipinski definition) is 1. The Labute approximate surface area is 165 Å². The van der Waals surface area contributed by atoms with Crippen molar-refractivity contribution in [1.29, 1.82) is 0 Å². The van der Waals surface area contributed by atoms with Crippen LogP contribution in [0.5, 0.6) is 0 Å². The lowest BCUT2D eigenvalue weighted by Crippen LogP contribution is -2.33. The van der Waals surface area contributed by atoms with Gasteiger partial charge < -0.3 is 10.2 Å². The number of nitrogens with one attached hydrogen (secondary N) is 1. The molecule has 0 unspecified atom stereocenters. The maximum Gasteiger partial charge on any atom is 0.255 e. The van der Waals surface area contributed by atoms with E-state index in [1.807, 2.05) is 38.1 Å². The quantitative estimate of drug-likeness (QED) is 0.708. The monoisotopic (exact) mass is 387 g/mol. The van der Waals surface area contributed by atoms with Crippen molar-refractivity contribution in [1.82, 2.24) is 15.2 Å². The minimum absolute atomic E-state index is 0.0815. The van der Waals surface area contributed by atoms with Crippen molar-refractivity contribution in [3.05, 3.63) is 64.4 Å². The average molecular weight is 388 g/mol. The zero-order valence-electron chi connectivity index (χ0n) is 15.9. The van der Waals surface area contributed by atoms with E-state index >= 15 is 0 Å². The molecule has 0 atom stereocenters. The fourth-order valence-corrected chi connectivity index (χ4v) is 2.92. The Morgan fingerprint density at radius 1 is 1.04 bits per heavy atom. The third-order valence-corrected chi connectivity index (χ3v) is 4.39. The molecule has 1 N–H and O–H groups in total. The Kier molecular flexibility index (Phi) is 8.27. The second-order valence-electron chi connectivity index (χ2n) is 6.39. The molecule has 0 saturated carbocycles. The molecule has 0 saturated heterocycles. The topological polar surface area (TPSA) is 62.3 Å². The van der Waals surface area contributed by atoms with Crippen molar-refractivity contribution < 1.29 is 9.59 Å². The smallest absolute Gasteiger partial charge is 0.255 e. The number of halogens is 1. The van der Waals surface area contributed by atoms with Gasteiger partial charge >= 0.3 is 0 Å². The minimum Gasteiger partial charge on any atom is -0.352 e. The van der Waals surface area contributed by atoms with Crippen molar-refractivity contribution in [2.75, 3.05) is 19.6 Å². The van der Waals surface area contributed by atoms with Crippen molar-refractivity contribution >= 4 is 23.4 Å². The maximum atomic E-state index is 12.7. The van der Waals surface area contributed by atoms with Gasteiger partial charge in [-0.1, -0.05) is 37.6 Å². The van der Waals surface area contributed by atoms with Crippen LogP contribution in [0, 0.1) is 0 Å². The van der Waals surface area contributed by atoms with E-state index in [2.05, 4.69) is 10.3 Å². The molecule has 0 aliphatic carbocycles. The number of carbonyl (C=O) groups excluding carboxylic acids is 2. The minimum atomic E-state index is -0.233. The molecule has 1 aromatic carbocycles. The predicted molar refractivity (Wildman–Crippen MR) is 108 cm³/mol. The summed E-state index contributed by atoms with van der Waals surface area (Å²) in [5.41, 5.74) is 1.93. The molecule has 5 nitrogen and oxygen atoms in total. The molecule has 2 aromatic rings. The standard InChI is InChI=1S/C21H26ClN3O2/c1-3-11-25(12-4-2)21(27)18-13-17(14-23-15-18)20(26)24-10-9-16-5-7-19(22)8-6-16/h5-8,13-15H,3-4,9-12H2,1-2H3,(H,24,26). The van der Waals surface area contributed by atoms with Gasteiger partial charge in [0.15, 0.2) is 0 Å². The zero-order valence-corrected chi connectivity index (χ0v) is 16.6.